The van der Waals surface area contributed by atoms with E-state index in [2.05, 4.69) is 27.5 Å². The largest absolute Gasteiger partial charge is 0.313 e. The third-order valence-electron chi connectivity index (χ3n) is 3.61. The molecule has 1 fully saturated rings. The molecule has 4 nitrogen and oxygen atoms in total. The summed E-state index contributed by atoms with van der Waals surface area (Å²) in [6, 6.07) is 8.77. The number of H-pyrrole nitrogens is 1. The minimum Gasteiger partial charge on any atom is -0.313 e. The zero-order valence-electron chi connectivity index (χ0n) is 10.9. The predicted molar refractivity (Wildman–Crippen MR) is 72.2 cm³/mol. The molecule has 5 heteroatoms. The summed E-state index contributed by atoms with van der Waals surface area (Å²) in [6.07, 6.45) is 0. The van der Waals surface area contributed by atoms with Gasteiger partial charge in [0.05, 0.1) is 17.4 Å². The molecule has 0 saturated carbocycles. The van der Waals surface area contributed by atoms with Crippen LogP contribution in [0.5, 0.6) is 0 Å². The SMILES string of the molecule is CN1CCNCC1c1cc(-c2ccc(F)cc2)n[nH]1. The van der Waals surface area contributed by atoms with Crippen LogP contribution < -0.4 is 5.32 Å². The molecule has 100 valence electrons. The molecule has 1 aliphatic heterocycles. The van der Waals surface area contributed by atoms with Gasteiger partial charge in [0.2, 0.25) is 0 Å². The molecule has 0 aliphatic carbocycles. The number of nitrogens with one attached hydrogen (secondary N) is 2. The van der Waals surface area contributed by atoms with Crippen LogP contribution >= 0.6 is 0 Å². The highest BCUT2D eigenvalue weighted by atomic mass is 19.1. The molecule has 0 amide bonds. The molecule has 0 spiro atoms. The van der Waals surface area contributed by atoms with Crippen LogP contribution in [0.15, 0.2) is 30.3 Å². The summed E-state index contributed by atoms with van der Waals surface area (Å²) in [7, 11) is 2.11. The molecule has 3 rings (SSSR count). The van der Waals surface area contributed by atoms with Gasteiger partial charge in [0.1, 0.15) is 5.82 Å². The van der Waals surface area contributed by atoms with Gasteiger partial charge in [-0.05, 0) is 37.4 Å². The first-order chi connectivity index (χ1) is 9.24. The van der Waals surface area contributed by atoms with E-state index in [9.17, 15) is 4.39 Å². The van der Waals surface area contributed by atoms with Crippen LogP contribution in [0.4, 0.5) is 4.39 Å². The summed E-state index contributed by atoms with van der Waals surface area (Å²) in [6.45, 7) is 2.96. The predicted octanol–water partition coefficient (Wildman–Crippen LogP) is 1.79. The van der Waals surface area contributed by atoms with Crippen LogP contribution in [0, 0.1) is 5.82 Å². The average molecular weight is 260 g/mol. The van der Waals surface area contributed by atoms with Crippen LogP contribution in [-0.4, -0.2) is 41.8 Å². The Bertz CT molecular complexity index is 549. The minimum atomic E-state index is -0.226. The van der Waals surface area contributed by atoms with E-state index in [1.54, 1.807) is 12.1 Å². The molecular weight excluding hydrogens is 243 g/mol. The fourth-order valence-electron chi connectivity index (χ4n) is 2.43. The van der Waals surface area contributed by atoms with Crippen LogP contribution in [-0.2, 0) is 0 Å². The van der Waals surface area contributed by atoms with Gasteiger partial charge in [-0.25, -0.2) is 4.39 Å². The van der Waals surface area contributed by atoms with Gasteiger partial charge in [-0.2, -0.15) is 5.10 Å². The number of hydrogen-bond donors (Lipinski definition) is 2. The third kappa shape index (κ3) is 2.52. The van der Waals surface area contributed by atoms with E-state index in [4.69, 9.17) is 0 Å². The van der Waals surface area contributed by atoms with Crippen molar-refractivity contribution >= 4 is 0 Å². The first kappa shape index (κ1) is 12.3. The first-order valence-corrected chi connectivity index (χ1v) is 6.46. The Morgan fingerprint density at radius 1 is 1.32 bits per heavy atom. The number of nitrogens with zero attached hydrogens (tertiary/aromatic N) is 2. The standard InChI is InChI=1S/C14H17FN4/c1-19-7-6-16-9-14(19)13-8-12(17-18-13)10-2-4-11(15)5-3-10/h2-5,8,14,16H,6-7,9H2,1H3,(H,17,18). The molecule has 19 heavy (non-hydrogen) atoms. The summed E-state index contributed by atoms with van der Waals surface area (Å²) in [5.74, 6) is -0.226. The lowest BCUT2D eigenvalue weighted by molar-refractivity contribution is 0.198. The maximum Gasteiger partial charge on any atom is 0.123 e. The van der Waals surface area contributed by atoms with Crippen LogP contribution in [0.25, 0.3) is 11.3 Å². The second-order valence-electron chi connectivity index (χ2n) is 4.92. The zero-order chi connectivity index (χ0) is 13.2. The van der Waals surface area contributed by atoms with Crippen molar-refractivity contribution < 1.29 is 4.39 Å². The molecule has 2 N–H and O–H groups in total. The van der Waals surface area contributed by atoms with Crippen LogP contribution in [0.1, 0.15) is 11.7 Å². The maximum atomic E-state index is 12.9. The number of piperazine rings is 1. The number of halogens is 1. The van der Waals surface area contributed by atoms with Gasteiger partial charge in [0.25, 0.3) is 0 Å². The topological polar surface area (TPSA) is 44.0 Å². The van der Waals surface area contributed by atoms with Crippen molar-refractivity contribution in [3.05, 3.63) is 41.8 Å². The maximum absolute atomic E-state index is 12.9. The summed E-state index contributed by atoms with van der Waals surface area (Å²) in [5.41, 5.74) is 2.87. The minimum absolute atomic E-state index is 0.226. The quantitative estimate of drug-likeness (QED) is 0.865. The summed E-state index contributed by atoms with van der Waals surface area (Å²) >= 11 is 0. The Balaban J connectivity index is 1.84. The van der Waals surface area contributed by atoms with E-state index < -0.39 is 0 Å². The van der Waals surface area contributed by atoms with Gasteiger partial charge < -0.3 is 5.32 Å². The molecule has 2 heterocycles. The molecule has 1 aromatic heterocycles. The van der Waals surface area contributed by atoms with Gasteiger partial charge in [0.15, 0.2) is 0 Å². The molecule has 1 saturated heterocycles. The Labute approximate surface area is 111 Å². The first-order valence-electron chi connectivity index (χ1n) is 6.46. The van der Waals surface area contributed by atoms with Crippen molar-refractivity contribution in [3.8, 4) is 11.3 Å². The Kier molecular flexibility index (Phi) is 3.31. The van der Waals surface area contributed by atoms with Gasteiger partial charge in [-0.1, -0.05) is 0 Å². The number of rotatable bonds is 2. The van der Waals surface area contributed by atoms with E-state index in [0.29, 0.717) is 6.04 Å². The summed E-state index contributed by atoms with van der Waals surface area (Å²) in [5, 5.41) is 10.8. The Morgan fingerprint density at radius 3 is 2.84 bits per heavy atom. The van der Waals surface area contributed by atoms with E-state index in [-0.39, 0.29) is 5.82 Å². The van der Waals surface area contributed by atoms with Gasteiger partial charge in [-0.15, -0.1) is 0 Å². The van der Waals surface area contributed by atoms with E-state index in [1.165, 1.54) is 12.1 Å². The highest BCUT2D eigenvalue weighted by molar-refractivity contribution is 5.59. The molecule has 1 aromatic carbocycles. The molecule has 1 unspecified atom stereocenters. The number of benzene rings is 1. The fraction of sp³-hybridized carbons (Fsp3) is 0.357. The average Bonchev–Trinajstić information content (AvgIpc) is 2.89. The number of aromatic nitrogens is 2. The highest BCUT2D eigenvalue weighted by Gasteiger charge is 2.22. The monoisotopic (exact) mass is 260 g/mol. The van der Waals surface area contributed by atoms with Crippen molar-refractivity contribution in [2.24, 2.45) is 0 Å². The molecule has 0 bridgehead atoms. The number of likely N-dealkylation sites (N-methyl/N-ethyl adjacent to an activating group) is 1. The molecule has 0 radical (unpaired) electrons. The van der Waals surface area contributed by atoms with Gasteiger partial charge in [-0.3, -0.25) is 10.00 Å². The second-order valence-corrected chi connectivity index (χ2v) is 4.92. The van der Waals surface area contributed by atoms with Crippen LogP contribution in [0.2, 0.25) is 0 Å². The van der Waals surface area contributed by atoms with Gasteiger partial charge >= 0.3 is 0 Å². The summed E-state index contributed by atoms with van der Waals surface area (Å²) in [4.78, 5) is 2.30. The Hall–Kier alpha value is -1.72. The molecule has 1 atom stereocenters. The second kappa shape index (κ2) is 5.11. The lowest BCUT2D eigenvalue weighted by Gasteiger charge is -2.32. The fourth-order valence-corrected chi connectivity index (χ4v) is 2.43. The molecular formula is C14H17FN4. The van der Waals surface area contributed by atoms with Crippen molar-refractivity contribution in [2.75, 3.05) is 26.7 Å². The highest BCUT2D eigenvalue weighted by Crippen LogP contribution is 2.24. The normalized spacial score (nSPS) is 20.6. The molecule has 2 aromatic rings. The lowest BCUT2D eigenvalue weighted by atomic mass is 10.1. The van der Waals surface area contributed by atoms with Gasteiger partial charge in [0, 0.05) is 25.2 Å². The lowest BCUT2D eigenvalue weighted by Crippen LogP contribution is -2.43. The smallest absolute Gasteiger partial charge is 0.123 e. The van der Waals surface area contributed by atoms with E-state index in [1.807, 2.05) is 6.07 Å². The Morgan fingerprint density at radius 2 is 2.11 bits per heavy atom. The van der Waals surface area contributed by atoms with Crippen molar-refractivity contribution in [1.82, 2.24) is 20.4 Å². The van der Waals surface area contributed by atoms with E-state index in [0.717, 1.165) is 36.6 Å². The van der Waals surface area contributed by atoms with Crippen molar-refractivity contribution in [1.29, 1.82) is 0 Å². The van der Waals surface area contributed by atoms with Crippen LogP contribution in [0.3, 0.4) is 0 Å². The number of hydrogen-bond acceptors (Lipinski definition) is 3. The third-order valence-corrected chi connectivity index (χ3v) is 3.61. The van der Waals surface area contributed by atoms with Crippen molar-refractivity contribution in [2.45, 2.75) is 6.04 Å². The zero-order valence-corrected chi connectivity index (χ0v) is 10.9. The summed E-state index contributed by atoms with van der Waals surface area (Å²) < 4.78 is 12.9. The van der Waals surface area contributed by atoms with Crippen molar-refractivity contribution in [3.63, 3.8) is 0 Å². The number of aromatic amines is 1. The molecule has 1 aliphatic rings. The van der Waals surface area contributed by atoms with E-state index >= 15 is 0 Å².